The van der Waals surface area contributed by atoms with Crippen molar-refractivity contribution in [2.45, 2.75) is 12.6 Å². The SMILES string of the molecule is FC(F)(F)CCNc1nc(Cl)nc(N2CCOCC2)n1. The van der Waals surface area contributed by atoms with Gasteiger partial charge in [-0.1, -0.05) is 0 Å². The third-order valence-electron chi connectivity index (χ3n) is 2.58. The van der Waals surface area contributed by atoms with E-state index < -0.39 is 12.6 Å². The number of nitrogens with zero attached hydrogens (tertiary/aromatic N) is 4. The molecule has 1 fully saturated rings. The first-order valence-electron chi connectivity index (χ1n) is 5.99. The highest BCUT2D eigenvalue weighted by Gasteiger charge is 2.26. The number of hydrogen-bond acceptors (Lipinski definition) is 6. The van der Waals surface area contributed by atoms with Crippen LogP contribution in [0.15, 0.2) is 0 Å². The summed E-state index contributed by atoms with van der Waals surface area (Å²) in [5.74, 6) is 0.374. The second kappa shape index (κ2) is 6.40. The summed E-state index contributed by atoms with van der Waals surface area (Å²) in [4.78, 5) is 13.6. The van der Waals surface area contributed by atoms with Crippen LogP contribution in [0.2, 0.25) is 5.28 Å². The van der Waals surface area contributed by atoms with E-state index in [9.17, 15) is 13.2 Å². The van der Waals surface area contributed by atoms with Gasteiger partial charge in [-0.05, 0) is 11.6 Å². The molecule has 1 N–H and O–H groups in total. The number of hydrogen-bond donors (Lipinski definition) is 1. The highest BCUT2D eigenvalue weighted by Crippen LogP contribution is 2.20. The molecule has 0 radical (unpaired) electrons. The molecule has 2 rings (SSSR count). The van der Waals surface area contributed by atoms with Gasteiger partial charge in [0.05, 0.1) is 19.6 Å². The Morgan fingerprint density at radius 2 is 1.90 bits per heavy atom. The molecule has 6 nitrogen and oxygen atoms in total. The van der Waals surface area contributed by atoms with Gasteiger partial charge in [-0.15, -0.1) is 0 Å². The molecule has 1 saturated heterocycles. The lowest BCUT2D eigenvalue weighted by molar-refractivity contribution is -0.131. The van der Waals surface area contributed by atoms with Crippen molar-refractivity contribution in [1.29, 1.82) is 0 Å². The van der Waals surface area contributed by atoms with Gasteiger partial charge in [-0.25, -0.2) is 0 Å². The van der Waals surface area contributed by atoms with E-state index in [1.165, 1.54) is 0 Å². The summed E-state index contributed by atoms with van der Waals surface area (Å²) in [6, 6.07) is 0. The normalized spacial score (nSPS) is 16.3. The minimum atomic E-state index is -4.23. The Balaban J connectivity index is 2.00. The fourth-order valence-electron chi connectivity index (χ4n) is 1.64. The minimum Gasteiger partial charge on any atom is -0.378 e. The van der Waals surface area contributed by atoms with Gasteiger partial charge >= 0.3 is 6.18 Å². The lowest BCUT2D eigenvalue weighted by Crippen LogP contribution is -2.37. The molecule has 1 aromatic rings. The van der Waals surface area contributed by atoms with Gasteiger partial charge in [0.2, 0.25) is 17.2 Å². The Morgan fingerprint density at radius 1 is 1.20 bits per heavy atom. The maximum atomic E-state index is 12.1. The van der Waals surface area contributed by atoms with Crippen LogP contribution in [0.4, 0.5) is 25.1 Å². The molecule has 1 aromatic heterocycles. The Bertz CT molecular complexity index is 453. The highest BCUT2D eigenvalue weighted by molar-refractivity contribution is 6.28. The third kappa shape index (κ3) is 4.64. The average molecular weight is 312 g/mol. The number of morpholine rings is 1. The summed E-state index contributed by atoms with van der Waals surface area (Å²) in [7, 11) is 0. The van der Waals surface area contributed by atoms with E-state index in [1.54, 1.807) is 0 Å². The maximum Gasteiger partial charge on any atom is 0.390 e. The fraction of sp³-hybridized carbons (Fsp3) is 0.700. The molecule has 2 heterocycles. The van der Waals surface area contributed by atoms with Crippen LogP contribution in [0.25, 0.3) is 0 Å². The van der Waals surface area contributed by atoms with E-state index in [-0.39, 0.29) is 17.8 Å². The first-order chi connectivity index (χ1) is 9.44. The Labute approximate surface area is 118 Å². The monoisotopic (exact) mass is 311 g/mol. The van der Waals surface area contributed by atoms with Gasteiger partial charge in [0, 0.05) is 19.6 Å². The molecular formula is C10H13ClF3N5O. The van der Waals surface area contributed by atoms with Gasteiger partial charge in [0.25, 0.3) is 0 Å². The van der Waals surface area contributed by atoms with Crippen molar-refractivity contribution in [3.8, 4) is 0 Å². The molecule has 0 atom stereocenters. The fourth-order valence-corrected chi connectivity index (χ4v) is 1.80. The highest BCUT2D eigenvalue weighted by atomic mass is 35.5. The van der Waals surface area contributed by atoms with Gasteiger partial charge in [0.1, 0.15) is 0 Å². The molecule has 0 unspecified atom stereocenters. The second-order valence-corrected chi connectivity index (χ2v) is 4.46. The zero-order valence-corrected chi connectivity index (χ0v) is 11.2. The van der Waals surface area contributed by atoms with Crippen molar-refractivity contribution < 1.29 is 17.9 Å². The van der Waals surface area contributed by atoms with Crippen molar-refractivity contribution in [2.75, 3.05) is 43.1 Å². The molecule has 0 bridgehead atoms. The predicted octanol–water partition coefficient (Wildman–Crippen LogP) is 1.73. The molecule has 20 heavy (non-hydrogen) atoms. The number of alkyl halides is 3. The summed E-state index contributed by atoms with van der Waals surface area (Å²) < 4.78 is 41.4. The summed E-state index contributed by atoms with van der Waals surface area (Å²) in [6.45, 7) is 1.97. The first kappa shape index (κ1) is 15.0. The third-order valence-corrected chi connectivity index (χ3v) is 2.75. The van der Waals surface area contributed by atoms with E-state index in [0.29, 0.717) is 32.3 Å². The number of anilines is 2. The average Bonchev–Trinajstić information content (AvgIpc) is 2.37. The number of halogens is 4. The minimum absolute atomic E-state index is 0.0377. The summed E-state index contributed by atoms with van der Waals surface area (Å²) in [6.07, 6.45) is -5.19. The molecule has 10 heteroatoms. The molecule has 0 spiro atoms. The Morgan fingerprint density at radius 3 is 2.55 bits per heavy atom. The Kier molecular flexibility index (Phi) is 4.81. The molecule has 0 aliphatic carbocycles. The largest absolute Gasteiger partial charge is 0.390 e. The lowest BCUT2D eigenvalue weighted by Gasteiger charge is -2.26. The standard InChI is InChI=1S/C10H13ClF3N5O/c11-7-16-8(15-2-1-10(12,13)14)18-9(17-7)19-3-5-20-6-4-19/h1-6H2,(H,15,16,17,18). The van der Waals surface area contributed by atoms with Crippen molar-refractivity contribution in [3.05, 3.63) is 5.28 Å². The van der Waals surface area contributed by atoms with E-state index in [0.717, 1.165) is 0 Å². The van der Waals surface area contributed by atoms with Crippen molar-refractivity contribution in [1.82, 2.24) is 15.0 Å². The van der Waals surface area contributed by atoms with E-state index in [2.05, 4.69) is 20.3 Å². The zero-order valence-electron chi connectivity index (χ0n) is 10.5. The van der Waals surface area contributed by atoms with Crippen LogP contribution in [0.1, 0.15) is 6.42 Å². The molecule has 0 amide bonds. The zero-order chi connectivity index (χ0) is 14.6. The quantitative estimate of drug-likeness (QED) is 0.913. The number of ether oxygens (including phenoxy) is 1. The molecule has 1 aliphatic heterocycles. The van der Waals surface area contributed by atoms with Crippen LogP contribution in [0.3, 0.4) is 0 Å². The predicted molar refractivity (Wildman–Crippen MR) is 67.0 cm³/mol. The number of aromatic nitrogens is 3. The molecule has 0 saturated carbocycles. The topological polar surface area (TPSA) is 63.2 Å². The summed E-state index contributed by atoms with van der Waals surface area (Å²) >= 11 is 5.76. The summed E-state index contributed by atoms with van der Waals surface area (Å²) in [5.41, 5.74) is 0. The van der Waals surface area contributed by atoms with Gasteiger partial charge in [-0.3, -0.25) is 0 Å². The maximum absolute atomic E-state index is 12.1. The van der Waals surface area contributed by atoms with Crippen LogP contribution < -0.4 is 10.2 Å². The van der Waals surface area contributed by atoms with E-state index in [1.807, 2.05) is 4.90 Å². The van der Waals surface area contributed by atoms with Gasteiger partial charge in [0.15, 0.2) is 0 Å². The number of rotatable bonds is 4. The van der Waals surface area contributed by atoms with Crippen molar-refractivity contribution in [3.63, 3.8) is 0 Å². The van der Waals surface area contributed by atoms with Gasteiger partial charge < -0.3 is 15.0 Å². The van der Waals surface area contributed by atoms with E-state index in [4.69, 9.17) is 16.3 Å². The van der Waals surface area contributed by atoms with Crippen LogP contribution in [0, 0.1) is 0 Å². The van der Waals surface area contributed by atoms with E-state index >= 15 is 0 Å². The summed E-state index contributed by atoms with van der Waals surface area (Å²) in [5, 5.41) is 2.44. The van der Waals surface area contributed by atoms with Crippen LogP contribution >= 0.6 is 11.6 Å². The second-order valence-electron chi connectivity index (χ2n) is 4.12. The van der Waals surface area contributed by atoms with Crippen LogP contribution in [0.5, 0.6) is 0 Å². The number of nitrogens with one attached hydrogen (secondary N) is 1. The lowest BCUT2D eigenvalue weighted by atomic mass is 10.4. The molecule has 0 aromatic carbocycles. The molecule has 1 aliphatic rings. The van der Waals surface area contributed by atoms with Crippen LogP contribution in [-0.2, 0) is 4.74 Å². The van der Waals surface area contributed by atoms with Crippen molar-refractivity contribution >= 4 is 23.5 Å². The first-order valence-corrected chi connectivity index (χ1v) is 6.37. The smallest absolute Gasteiger partial charge is 0.378 e. The van der Waals surface area contributed by atoms with Crippen LogP contribution in [-0.4, -0.2) is 54.0 Å². The Hall–Kier alpha value is -1.35. The molecular weight excluding hydrogens is 299 g/mol. The molecule has 112 valence electrons. The van der Waals surface area contributed by atoms with Crippen molar-refractivity contribution in [2.24, 2.45) is 0 Å². The van der Waals surface area contributed by atoms with Gasteiger partial charge in [-0.2, -0.15) is 28.1 Å².